The predicted octanol–water partition coefficient (Wildman–Crippen LogP) is -6.21. The largest absolute Gasteiger partial charge is 2.00 e. The van der Waals surface area contributed by atoms with Gasteiger partial charge < -0.3 is 31.0 Å². The van der Waals surface area contributed by atoms with Gasteiger partial charge in [0.15, 0.2) is 0 Å². The number of hydrogen-bond donors (Lipinski definition) is 1. The van der Waals surface area contributed by atoms with Crippen molar-refractivity contribution in [2.24, 2.45) is 0 Å². The fourth-order valence-corrected chi connectivity index (χ4v) is 0. The fraction of sp³-hybridized carbons (Fsp3) is 0. The summed E-state index contributed by atoms with van der Waals surface area (Å²) >= 11 is 0. The van der Waals surface area contributed by atoms with E-state index in [0.29, 0.717) is 0 Å². The summed E-state index contributed by atoms with van der Waals surface area (Å²) in [6, 6.07) is 0. The van der Waals surface area contributed by atoms with E-state index in [-0.39, 0.29) is 79.8 Å². The third kappa shape index (κ3) is 8.93. The maximum absolute atomic E-state index is 0. The molecule has 0 spiro atoms. The van der Waals surface area contributed by atoms with Crippen LogP contribution in [0.5, 0.6) is 0 Å². The summed E-state index contributed by atoms with van der Waals surface area (Å²) in [5, 5.41) is 0. The number of halogens is 2. The van der Waals surface area contributed by atoms with Gasteiger partial charge in [-0.25, -0.2) is 0 Å². The van der Waals surface area contributed by atoms with Gasteiger partial charge >= 0.3 is 48.9 Å². The first-order chi connectivity index (χ1) is 0. The second-order valence-electron chi connectivity index (χ2n) is 0. The van der Waals surface area contributed by atoms with E-state index in [1.54, 1.807) is 0 Å². The third-order valence-corrected chi connectivity index (χ3v) is 0. The summed E-state index contributed by atoms with van der Waals surface area (Å²) in [5.74, 6) is 0. The van der Waals surface area contributed by atoms with Crippen LogP contribution >= 0.6 is 0 Å². The van der Waals surface area contributed by atoms with E-state index in [4.69, 9.17) is 0 Å². The molecular formula is H3BaCl2N. The van der Waals surface area contributed by atoms with Crippen LogP contribution in [0.2, 0.25) is 0 Å². The quantitative estimate of drug-likeness (QED) is 0.409. The van der Waals surface area contributed by atoms with Crippen LogP contribution in [0.1, 0.15) is 0 Å². The van der Waals surface area contributed by atoms with Crippen molar-refractivity contribution < 1.29 is 24.8 Å². The van der Waals surface area contributed by atoms with Crippen LogP contribution in [0, 0.1) is 0 Å². The molecule has 0 unspecified atom stereocenters. The average molecular weight is 225 g/mol. The Hall–Kier alpha value is 2.11. The second kappa shape index (κ2) is 19.4. The monoisotopic (exact) mass is 225 g/mol. The zero-order valence-corrected chi connectivity index (χ0v) is 8.12. The zero-order chi connectivity index (χ0) is 0. The Bertz CT molecular complexity index is 6.00. The maximum atomic E-state index is 0. The Labute approximate surface area is 78.4 Å². The van der Waals surface area contributed by atoms with Crippen LogP contribution in [-0.4, -0.2) is 48.9 Å². The summed E-state index contributed by atoms with van der Waals surface area (Å²) in [4.78, 5) is 0. The van der Waals surface area contributed by atoms with Gasteiger partial charge in [0.25, 0.3) is 0 Å². The summed E-state index contributed by atoms with van der Waals surface area (Å²) in [5.41, 5.74) is 0. The molecule has 0 bridgehead atoms. The Morgan fingerprint density at radius 1 is 0.750 bits per heavy atom. The fourth-order valence-electron chi connectivity index (χ4n) is 0. The first-order valence-electron chi connectivity index (χ1n) is 0. The summed E-state index contributed by atoms with van der Waals surface area (Å²) in [6.45, 7) is 0. The predicted molar refractivity (Wildman–Crippen MR) is 10.8 cm³/mol. The van der Waals surface area contributed by atoms with Crippen LogP contribution in [0.25, 0.3) is 0 Å². The van der Waals surface area contributed by atoms with E-state index in [1.165, 1.54) is 0 Å². The molecule has 0 atom stereocenters. The van der Waals surface area contributed by atoms with Crippen molar-refractivity contribution >= 4 is 48.9 Å². The molecule has 0 radical (unpaired) electrons. The van der Waals surface area contributed by atoms with Crippen molar-refractivity contribution in [1.82, 2.24) is 6.15 Å². The zero-order valence-electron chi connectivity index (χ0n) is 2.17. The number of rotatable bonds is 0. The molecule has 4 heteroatoms. The minimum atomic E-state index is 0. The smallest absolute Gasteiger partial charge is 1.00 e. The second-order valence-corrected chi connectivity index (χ2v) is 0. The third-order valence-electron chi connectivity index (χ3n) is 0. The molecule has 0 saturated carbocycles. The van der Waals surface area contributed by atoms with Crippen LogP contribution in [0.3, 0.4) is 0 Å². The molecule has 0 aliphatic heterocycles. The van der Waals surface area contributed by atoms with Crippen LogP contribution in [0.15, 0.2) is 0 Å². The molecule has 0 fully saturated rings. The van der Waals surface area contributed by atoms with Gasteiger partial charge in [-0.05, 0) is 0 Å². The molecule has 0 saturated heterocycles. The Balaban J connectivity index is 0. The van der Waals surface area contributed by atoms with Crippen molar-refractivity contribution in [2.75, 3.05) is 0 Å². The molecule has 0 heterocycles. The van der Waals surface area contributed by atoms with Gasteiger partial charge in [-0.1, -0.05) is 0 Å². The van der Waals surface area contributed by atoms with Crippen molar-refractivity contribution in [3.8, 4) is 0 Å². The van der Waals surface area contributed by atoms with E-state index < -0.39 is 0 Å². The summed E-state index contributed by atoms with van der Waals surface area (Å²) in [7, 11) is 0. The topological polar surface area (TPSA) is 35.0 Å². The molecule has 0 rings (SSSR count). The number of hydrogen-bond acceptors (Lipinski definition) is 1. The molecule has 1 nitrogen and oxygen atoms in total. The van der Waals surface area contributed by atoms with Gasteiger partial charge in [0.2, 0.25) is 0 Å². The van der Waals surface area contributed by atoms with Crippen LogP contribution < -0.4 is 31.0 Å². The molecule has 24 valence electrons. The van der Waals surface area contributed by atoms with E-state index >= 15 is 0 Å². The molecule has 4 heavy (non-hydrogen) atoms. The summed E-state index contributed by atoms with van der Waals surface area (Å²) < 4.78 is 0. The molecule has 3 N–H and O–H groups in total. The maximum Gasteiger partial charge on any atom is 2.00 e. The molecule has 0 aromatic heterocycles. The van der Waals surface area contributed by atoms with Gasteiger partial charge in [-0.15, -0.1) is 0 Å². The van der Waals surface area contributed by atoms with Gasteiger partial charge in [0.1, 0.15) is 0 Å². The molecule has 0 aromatic carbocycles. The molecule has 0 aliphatic carbocycles. The van der Waals surface area contributed by atoms with Gasteiger partial charge in [0.05, 0.1) is 0 Å². The standard InChI is InChI=1S/Ba.2ClH.H3N/h;2*1H;1H3/q+2;;;/p-2. The Morgan fingerprint density at radius 3 is 0.750 bits per heavy atom. The van der Waals surface area contributed by atoms with E-state index in [1.807, 2.05) is 0 Å². The Kier molecular flexibility index (Phi) is 174. The van der Waals surface area contributed by atoms with Gasteiger partial charge in [-0.2, -0.15) is 0 Å². The van der Waals surface area contributed by atoms with Crippen molar-refractivity contribution in [1.29, 1.82) is 0 Å². The molecule has 0 aliphatic rings. The first kappa shape index (κ1) is 35.8. The van der Waals surface area contributed by atoms with Crippen LogP contribution in [-0.2, 0) is 0 Å². The van der Waals surface area contributed by atoms with E-state index in [2.05, 4.69) is 0 Å². The normalized spacial score (nSPS) is 0. The van der Waals surface area contributed by atoms with Crippen molar-refractivity contribution in [2.45, 2.75) is 0 Å². The first-order valence-corrected chi connectivity index (χ1v) is 0. The van der Waals surface area contributed by atoms with Crippen molar-refractivity contribution in [3.63, 3.8) is 0 Å². The molecule has 0 amide bonds. The van der Waals surface area contributed by atoms with Gasteiger partial charge in [-0.3, -0.25) is 0 Å². The summed E-state index contributed by atoms with van der Waals surface area (Å²) in [6.07, 6.45) is 0. The Morgan fingerprint density at radius 2 is 0.750 bits per heavy atom. The van der Waals surface area contributed by atoms with Gasteiger partial charge in [0, 0.05) is 0 Å². The van der Waals surface area contributed by atoms with E-state index in [9.17, 15) is 0 Å². The minimum Gasteiger partial charge on any atom is -1.00 e. The molecule has 0 aromatic rings. The SMILES string of the molecule is N.[Ba+2].[Cl-].[Cl-]. The van der Waals surface area contributed by atoms with Crippen molar-refractivity contribution in [3.05, 3.63) is 0 Å². The average Bonchev–Trinajstić information content (AvgIpc) is 0. The molecular weight excluding hydrogens is 222 g/mol. The van der Waals surface area contributed by atoms with Crippen LogP contribution in [0.4, 0.5) is 0 Å². The van der Waals surface area contributed by atoms with E-state index in [0.717, 1.165) is 0 Å². The minimum absolute atomic E-state index is 0.